The predicted molar refractivity (Wildman–Crippen MR) is 84.1 cm³/mol. The highest BCUT2D eigenvalue weighted by atomic mass is 19.1. The molecule has 0 aromatic heterocycles. The van der Waals surface area contributed by atoms with Gasteiger partial charge in [0.25, 0.3) is 0 Å². The Bertz CT molecular complexity index is 750. The summed E-state index contributed by atoms with van der Waals surface area (Å²) in [4.78, 5) is 13.7. The normalized spacial score (nSPS) is 20.2. The minimum Gasteiger partial charge on any atom is -0.493 e. The Hall–Kier alpha value is -2.60. The molecule has 0 saturated carbocycles. The van der Waals surface area contributed by atoms with Crippen LogP contribution in [0.15, 0.2) is 42.5 Å². The lowest BCUT2D eigenvalue weighted by molar-refractivity contribution is -0.126. The molecule has 0 unspecified atom stereocenters. The third-order valence-electron chi connectivity index (χ3n) is 3.98. The molecule has 0 bridgehead atoms. The van der Waals surface area contributed by atoms with E-state index in [-0.39, 0.29) is 11.9 Å². The highest BCUT2D eigenvalue weighted by Crippen LogP contribution is 2.40. The Labute approximate surface area is 133 Å². The highest BCUT2D eigenvalue weighted by molar-refractivity contribution is 6.05. The zero-order valence-electron chi connectivity index (χ0n) is 12.8. The number of hydrogen-bond donors (Lipinski definition) is 1. The molecule has 1 fully saturated rings. The molecule has 23 heavy (non-hydrogen) atoms. The van der Waals surface area contributed by atoms with Crippen LogP contribution in [-0.2, 0) is 4.79 Å². The largest absolute Gasteiger partial charge is 0.493 e. The van der Waals surface area contributed by atoms with Crippen LogP contribution in [0.5, 0.6) is 11.5 Å². The third-order valence-corrected chi connectivity index (χ3v) is 3.98. The van der Waals surface area contributed by atoms with Gasteiger partial charge < -0.3 is 20.1 Å². The van der Waals surface area contributed by atoms with Crippen LogP contribution in [0, 0.1) is 5.82 Å². The summed E-state index contributed by atoms with van der Waals surface area (Å²) in [6.45, 7) is 0. The Kier molecular flexibility index (Phi) is 3.92. The summed E-state index contributed by atoms with van der Waals surface area (Å²) in [7, 11) is 3.09. The molecule has 1 amide bonds. The number of amides is 1. The summed E-state index contributed by atoms with van der Waals surface area (Å²) in [6.07, 6.45) is 0. The number of nitrogens with two attached hydrogens (primary N) is 1. The average molecular weight is 316 g/mol. The molecule has 1 aliphatic heterocycles. The van der Waals surface area contributed by atoms with Gasteiger partial charge in [0.15, 0.2) is 11.5 Å². The summed E-state index contributed by atoms with van der Waals surface area (Å²) in [5, 5.41) is 0. The smallest absolute Gasteiger partial charge is 0.247 e. The van der Waals surface area contributed by atoms with Gasteiger partial charge in [0, 0.05) is 5.69 Å². The van der Waals surface area contributed by atoms with Crippen molar-refractivity contribution in [2.24, 2.45) is 5.73 Å². The molecule has 3 rings (SSSR count). The maximum absolute atomic E-state index is 13.5. The van der Waals surface area contributed by atoms with Gasteiger partial charge in [-0.3, -0.25) is 4.79 Å². The summed E-state index contributed by atoms with van der Waals surface area (Å²) < 4.78 is 24.0. The first-order valence-electron chi connectivity index (χ1n) is 7.13. The van der Waals surface area contributed by atoms with Gasteiger partial charge in [0.1, 0.15) is 11.9 Å². The molecule has 2 aromatic rings. The zero-order valence-corrected chi connectivity index (χ0v) is 12.8. The Morgan fingerprint density at radius 2 is 1.83 bits per heavy atom. The highest BCUT2D eigenvalue weighted by Gasteiger charge is 2.46. The van der Waals surface area contributed by atoms with Crippen molar-refractivity contribution in [1.29, 1.82) is 0 Å². The molecule has 2 N–H and O–H groups in total. The van der Waals surface area contributed by atoms with Gasteiger partial charge in [-0.2, -0.15) is 0 Å². The SMILES string of the molecule is COc1ccc([C@@H]2[C@H](N)C(=O)N2c2cccc(F)c2)cc1OC. The number of rotatable bonds is 4. The Morgan fingerprint density at radius 3 is 2.48 bits per heavy atom. The molecule has 0 radical (unpaired) electrons. The lowest BCUT2D eigenvalue weighted by Crippen LogP contribution is -2.63. The number of anilines is 1. The van der Waals surface area contributed by atoms with Crippen molar-refractivity contribution in [2.45, 2.75) is 12.1 Å². The van der Waals surface area contributed by atoms with Gasteiger partial charge in [-0.1, -0.05) is 12.1 Å². The average Bonchev–Trinajstić information content (AvgIpc) is 2.58. The van der Waals surface area contributed by atoms with Crippen molar-refractivity contribution in [2.75, 3.05) is 19.1 Å². The zero-order chi connectivity index (χ0) is 16.6. The molecular weight excluding hydrogens is 299 g/mol. The van der Waals surface area contributed by atoms with E-state index in [2.05, 4.69) is 0 Å². The number of carbonyl (C=O) groups excluding carboxylic acids is 1. The minimum atomic E-state index is -0.670. The molecular formula is C17H17FN2O3. The topological polar surface area (TPSA) is 64.8 Å². The number of ether oxygens (including phenoxy) is 2. The predicted octanol–water partition coefficient (Wildman–Crippen LogP) is 2.26. The van der Waals surface area contributed by atoms with Gasteiger partial charge in [0.05, 0.1) is 20.3 Å². The van der Waals surface area contributed by atoms with Crippen LogP contribution in [0.1, 0.15) is 11.6 Å². The number of β-lactam (4-membered cyclic amide) rings is 1. The second-order valence-electron chi connectivity index (χ2n) is 5.27. The molecule has 6 heteroatoms. The standard InChI is InChI=1S/C17H17FN2O3/c1-22-13-7-6-10(8-14(13)23-2)16-15(19)17(21)20(16)12-5-3-4-11(18)9-12/h3-9,15-16H,19H2,1-2H3/t15-,16+/m0/s1. The second-order valence-corrected chi connectivity index (χ2v) is 5.27. The van der Waals surface area contributed by atoms with E-state index < -0.39 is 11.9 Å². The van der Waals surface area contributed by atoms with Crippen molar-refractivity contribution in [3.05, 3.63) is 53.8 Å². The van der Waals surface area contributed by atoms with Crippen LogP contribution in [0.4, 0.5) is 10.1 Å². The quantitative estimate of drug-likeness (QED) is 0.879. The summed E-state index contributed by atoms with van der Waals surface area (Å²) in [6, 6.07) is 10.2. The Balaban J connectivity index is 1.99. The molecule has 1 saturated heterocycles. The fourth-order valence-corrected chi connectivity index (χ4v) is 2.82. The maximum Gasteiger partial charge on any atom is 0.247 e. The van der Waals surface area contributed by atoms with E-state index in [1.165, 1.54) is 24.1 Å². The van der Waals surface area contributed by atoms with Gasteiger partial charge in [-0.15, -0.1) is 0 Å². The molecule has 2 aromatic carbocycles. The molecule has 0 aliphatic carbocycles. The van der Waals surface area contributed by atoms with E-state index in [1.807, 2.05) is 6.07 Å². The monoisotopic (exact) mass is 316 g/mol. The van der Waals surface area contributed by atoms with Gasteiger partial charge in [-0.05, 0) is 35.9 Å². The number of hydrogen-bond acceptors (Lipinski definition) is 4. The fraction of sp³-hybridized carbons (Fsp3) is 0.235. The molecule has 1 heterocycles. The number of halogens is 1. The van der Waals surface area contributed by atoms with Gasteiger partial charge in [0.2, 0.25) is 5.91 Å². The lowest BCUT2D eigenvalue weighted by atomic mass is 9.88. The van der Waals surface area contributed by atoms with Crippen molar-refractivity contribution in [3.63, 3.8) is 0 Å². The minimum absolute atomic E-state index is 0.240. The third kappa shape index (κ3) is 2.51. The van der Waals surface area contributed by atoms with Crippen LogP contribution in [-0.4, -0.2) is 26.2 Å². The van der Waals surface area contributed by atoms with E-state index in [0.29, 0.717) is 17.2 Å². The lowest BCUT2D eigenvalue weighted by Gasteiger charge is -2.45. The van der Waals surface area contributed by atoms with Crippen LogP contribution in [0.25, 0.3) is 0 Å². The van der Waals surface area contributed by atoms with E-state index in [9.17, 15) is 9.18 Å². The number of benzene rings is 2. The summed E-state index contributed by atoms with van der Waals surface area (Å²) in [5.74, 6) is 0.501. The van der Waals surface area contributed by atoms with Crippen LogP contribution in [0.3, 0.4) is 0 Å². The van der Waals surface area contributed by atoms with Crippen molar-refractivity contribution >= 4 is 11.6 Å². The van der Waals surface area contributed by atoms with Crippen LogP contribution >= 0.6 is 0 Å². The number of carbonyl (C=O) groups is 1. The van der Waals surface area contributed by atoms with Gasteiger partial charge in [-0.25, -0.2) is 4.39 Å². The summed E-state index contributed by atoms with van der Waals surface area (Å²) in [5.41, 5.74) is 7.26. The van der Waals surface area contributed by atoms with Gasteiger partial charge >= 0.3 is 0 Å². The van der Waals surface area contributed by atoms with Crippen molar-refractivity contribution in [3.8, 4) is 11.5 Å². The molecule has 2 atom stereocenters. The first kappa shape index (κ1) is 15.3. The van der Waals surface area contributed by atoms with E-state index in [0.717, 1.165) is 5.56 Å². The fourth-order valence-electron chi connectivity index (χ4n) is 2.82. The maximum atomic E-state index is 13.5. The van der Waals surface area contributed by atoms with Crippen molar-refractivity contribution in [1.82, 2.24) is 0 Å². The summed E-state index contributed by atoms with van der Waals surface area (Å²) >= 11 is 0. The van der Waals surface area contributed by atoms with Crippen LogP contribution in [0.2, 0.25) is 0 Å². The van der Waals surface area contributed by atoms with Crippen LogP contribution < -0.4 is 20.1 Å². The van der Waals surface area contributed by atoms with E-state index in [4.69, 9.17) is 15.2 Å². The molecule has 0 spiro atoms. The Morgan fingerprint density at radius 1 is 1.09 bits per heavy atom. The molecule has 1 aliphatic rings. The first-order valence-corrected chi connectivity index (χ1v) is 7.13. The second kappa shape index (κ2) is 5.89. The molecule has 120 valence electrons. The number of nitrogens with zero attached hydrogens (tertiary/aromatic N) is 1. The number of methoxy groups -OCH3 is 2. The van der Waals surface area contributed by atoms with Crippen molar-refractivity contribution < 1.29 is 18.7 Å². The van der Waals surface area contributed by atoms with E-state index in [1.54, 1.807) is 31.4 Å². The molecule has 5 nitrogen and oxygen atoms in total. The first-order chi connectivity index (χ1) is 11.1. The van der Waals surface area contributed by atoms with E-state index >= 15 is 0 Å².